The lowest BCUT2D eigenvalue weighted by Crippen LogP contribution is -2.50. The molecule has 0 unspecified atom stereocenters. The Balaban J connectivity index is 1.00. The molecule has 0 radical (unpaired) electrons. The number of para-hydroxylation sites is 1. The second kappa shape index (κ2) is 8.12. The fourth-order valence-corrected chi connectivity index (χ4v) is 6.15. The number of benzene rings is 2. The summed E-state index contributed by atoms with van der Waals surface area (Å²) in [6.07, 6.45) is 3.39. The van der Waals surface area contributed by atoms with E-state index in [4.69, 9.17) is 0 Å². The van der Waals surface area contributed by atoms with Gasteiger partial charge in [0.1, 0.15) is 11.0 Å². The van der Waals surface area contributed by atoms with Gasteiger partial charge >= 0.3 is 0 Å². The van der Waals surface area contributed by atoms with Crippen LogP contribution in [-0.4, -0.2) is 63.7 Å². The largest absolute Gasteiger partial charge is 0.368 e. The van der Waals surface area contributed by atoms with Crippen LogP contribution in [0.1, 0.15) is 24.8 Å². The summed E-state index contributed by atoms with van der Waals surface area (Å²) in [6, 6.07) is 17.0. The zero-order valence-electron chi connectivity index (χ0n) is 18.3. The quantitative estimate of drug-likeness (QED) is 0.611. The number of rotatable bonds is 4. The molecule has 1 saturated carbocycles. The third-order valence-electron chi connectivity index (χ3n) is 7.78. The van der Waals surface area contributed by atoms with Gasteiger partial charge in [0, 0.05) is 44.3 Å². The highest BCUT2D eigenvalue weighted by Gasteiger charge is 2.59. The number of carbonyl (C=O) groups excluding carboxylic acids is 1. The van der Waals surface area contributed by atoms with Crippen LogP contribution in [0.15, 0.2) is 48.5 Å². The first-order chi connectivity index (χ1) is 15.7. The van der Waals surface area contributed by atoms with Crippen molar-refractivity contribution in [3.8, 4) is 0 Å². The molecule has 1 aliphatic carbocycles. The number of hydrogen-bond donors (Lipinski definition) is 0. The molecule has 32 heavy (non-hydrogen) atoms. The lowest BCUT2D eigenvalue weighted by atomic mass is 9.90. The van der Waals surface area contributed by atoms with Gasteiger partial charge in [0.15, 0.2) is 0 Å². The van der Waals surface area contributed by atoms with Gasteiger partial charge in [-0.2, -0.15) is 8.75 Å². The highest BCUT2D eigenvalue weighted by molar-refractivity contribution is 7.00. The van der Waals surface area contributed by atoms with Crippen LogP contribution in [0.25, 0.3) is 11.0 Å². The van der Waals surface area contributed by atoms with E-state index in [0.717, 1.165) is 76.1 Å². The van der Waals surface area contributed by atoms with Crippen LogP contribution in [0, 0.1) is 11.3 Å². The molecule has 1 amide bonds. The van der Waals surface area contributed by atoms with E-state index in [2.05, 4.69) is 72.0 Å². The van der Waals surface area contributed by atoms with Gasteiger partial charge in [-0.15, -0.1) is 0 Å². The maximum Gasteiger partial charge on any atom is 0.226 e. The smallest absolute Gasteiger partial charge is 0.226 e. The first kappa shape index (κ1) is 20.1. The van der Waals surface area contributed by atoms with Crippen LogP contribution in [0.3, 0.4) is 0 Å². The highest BCUT2D eigenvalue weighted by atomic mass is 32.1. The molecule has 2 aliphatic heterocycles. The molecule has 1 spiro atoms. The van der Waals surface area contributed by atoms with E-state index in [0.29, 0.717) is 5.91 Å². The minimum Gasteiger partial charge on any atom is -0.368 e. The van der Waals surface area contributed by atoms with Gasteiger partial charge < -0.3 is 9.80 Å². The summed E-state index contributed by atoms with van der Waals surface area (Å²) >= 11 is 1.28. The maximum absolute atomic E-state index is 13.2. The van der Waals surface area contributed by atoms with Crippen molar-refractivity contribution < 1.29 is 4.79 Å². The van der Waals surface area contributed by atoms with E-state index < -0.39 is 0 Å². The molecular weight excluding hydrogens is 418 g/mol. The van der Waals surface area contributed by atoms with Gasteiger partial charge in [-0.1, -0.05) is 24.3 Å². The van der Waals surface area contributed by atoms with Crippen molar-refractivity contribution in [2.45, 2.75) is 25.8 Å². The summed E-state index contributed by atoms with van der Waals surface area (Å²) in [6.45, 7) is 6.69. The molecule has 2 saturated heterocycles. The summed E-state index contributed by atoms with van der Waals surface area (Å²) in [7, 11) is 0. The molecule has 6 rings (SSSR count). The van der Waals surface area contributed by atoms with Gasteiger partial charge in [0.2, 0.25) is 5.91 Å². The minimum atomic E-state index is 0.255. The van der Waals surface area contributed by atoms with Gasteiger partial charge in [-0.25, -0.2) is 0 Å². The fraction of sp³-hybridized carbons (Fsp3) is 0.480. The van der Waals surface area contributed by atoms with Crippen LogP contribution >= 0.6 is 11.7 Å². The topological polar surface area (TPSA) is 52.6 Å². The molecule has 166 valence electrons. The van der Waals surface area contributed by atoms with Crippen LogP contribution in [0.4, 0.5) is 5.69 Å². The number of nitrogens with zero attached hydrogens (tertiary/aromatic N) is 5. The number of hydrogen-bond acceptors (Lipinski definition) is 6. The number of carbonyl (C=O) groups is 1. The second-order valence-corrected chi connectivity index (χ2v) is 10.2. The number of anilines is 1. The maximum atomic E-state index is 13.2. The molecule has 1 aromatic heterocycles. The van der Waals surface area contributed by atoms with Crippen molar-refractivity contribution in [2.75, 3.05) is 44.2 Å². The van der Waals surface area contributed by atoms with Crippen LogP contribution in [-0.2, 0) is 11.3 Å². The zero-order valence-corrected chi connectivity index (χ0v) is 19.1. The summed E-state index contributed by atoms with van der Waals surface area (Å²) < 4.78 is 8.66. The first-order valence-corrected chi connectivity index (χ1v) is 12.5. The predicted molar refractivity (Wildman–Crippen MR) is 128 cm³/mol. The third-order valence-corrected chi connectivity index (χ3v) is 8.33. The zero-order chi connectivity index (χ0) is 21.5. The Morgan fingerprint density at radius 3 is 2.47 bits per heavy atom. The highest BCUT2D eigenvalue weighted by Crippen LogP contribution is 2.60. The number of fused-ring (bicyclic) bond motifs is 1. The van der Waals surface area contributed by atoms with Gasteiger partial charge in [-0.3, -0.25) is 9.69 Å². The summed E-state index contributed by atoms with van der Waals surface area (Å²) in [5, 5.41) is 0. The van der Waals surface area contributed by atoms with Gasteiger partial charge in [0.25, 0.3) is 0 Å². The van der Waals surface area contributed by atoms with E-state index in [1.807, 2.05) is 0 Å². The van der Waals surface area contributed by atoms with E-state index in [1.54, 1.807) is 0 Å². The van der Waals surface area contributed by atoms with Crippen LogP contribution < -0.4 is 4.90 Å². The van der Waals surface area contributed by atoms with Crippen molar-refractivity contribution in [1.29, 1.82) is 0 Å². The van der Waals surface area contributed by atoms with Crippen molar-refractivity contribution in [2.24, 2.45) is 11.3 Å². The number of likely N-dealkylation sites (tertiary alicyclic amines) is 1. The van der Waals surface area contributed by atoms with Crippen molar-refractivity contribution in [1.82, 2.24) is 18.5 Å². The average Bonchev–Trinajstić information content (AvgIpc) is 3.33. The molecule has 1 atom stereocenters. The lowest BCUT2D eigenvalue weighted by Gasteiger charge is -2.37. The Morgan fingerprint density at radius 2 is 1.69 bits per heavy atom. The molecule has 3 aliphatic rings. The Labute approximate surface area is 193 Å². The molecule has 3 heterocycles. The normalized spacial score (nSPS) is 23.1. The monoisotopic (exact) mass is 447 g/mol. The van der Waals surface area contributed by atoms with Crippen LogP contribution in [0.2, 0.25) is 0 Å². The first-order valence-electron chi connectivity index (χ1n) is 11.7. The van der Waals surface area contributed by atoms with Crippen LogP contribution in [0.5, 0.6) is 0 Å². The van der Waals surface area contributed by atoms with Crippen molar-refractivity contribution in [3.63, 3.8) is 0 Å². The van der Waals surface area contributed by atoms with E-state index in [9.17, 15) is 4.79 Å². The minimum absolute atomic E-state index is 0.255. The molecule has 3 fully saturated rings. The lowest BCUT2D eigenvalue weighted by molar-refractivity contribution is -0.134. The molecule has 0 bridgehead atoms. The number of piperazine rings is 1. The standard InChI is InChI=1S/C25H29N5OS/c31-24(30-14-12-29(13-15-30)20-4-2-1-3-5-20)21-17-25(21)8-10-28(11-9-25)18-19-6-7-22-23(16-19)27-32-26-22/h1-7,16,21H,8-15,17-18H2/t21-/m1/s1. The fourth-order valence-electron chi connectivity index (χ4n) is 5.63. The molecule has 6 nitrogen and oxygen atoms in total. The Morgan fingerprint density at radius 1 is 0.938 bits per heavy atom. The molecule has 7 heteroatoms. The van der Waals surface area contributed by atoms with E-state index in [-0.39, 0.29) is 11.3 Å². The summed E-state index contributed by atoms with van der Waals surface area (Å²) in [5.41, 5.74) is 4.83. The van der Waals surface area contributed by atoms with Crippen molar-refractivity contribution >= 4 is 34.4 Å². The van der Waals surface area contributed by atoms with E-state index >= 15 is 0 Å². The van der Waals surface area contributed by atoms with E-state index in [1.165, 1.54) is 23.0 Å². The number of piperidine rings is 1. The summed E-state index contributed by atoms with van der Waals surface area (Å²) in [4.78, 5) is 20.3. The number of amides is 1. The average molecular weight is 448 g/mol. The molecule has 3 aromatic rings. The Bertz CT molecular complexity index is 1100. The van der Waals surface area contributed by atoms with Gasteiger partial charge in [0.05, 0.1) is 11.7 Å². The Kier molecular flexibility index (Phi) is 5.11. The van der Waals surface area contributed by atoms with Crippen molar-refractivity contribution in [3.05, 3.63) is 54.1 Å². The summed E-state index contributed by atoms with van der Waals surface area (Å²) in [5.74, 6) is 0.665. The van der Waals surface area contributed by atoms with Gasteiger partial charge in [-0.05, 0) is 67.6 Å². The molecular formula is C25H29N5OS. The SMILES string of the molecule is O=C([C@H]1CC12CCN(Cc1ccc3nsnc3c1)CC2)N1CCN(c2ccccc2)CC1. The second-order valence-electron chi connectivity index (χ2n) is 9.63. The predicted octanol–water partition coefficient (Wildman–Crippen LogP) is 3.64. The molecule has 2 aromatic carbocycles. The third kappa shape index (κ3) is 3.77. The Hall–Kier alpha value is -2.51. The molecule has 0 N–H and O–H groups in total. The number of aromatic nitrogens is 2.